The van der Waals surface area contributed by atoms with E-state index in [-0.39, 0.29) is 22.6 Å². The van der Waals surface area contributed by atoms with Crippen LogP contribution in [-0.2, 0) is 11.3 Å². The van der Waals surface area contributed by atoms with Gasteiger partial charge in [0.25, 0.3) is 0 Å². The average Bonchev–Trinajstić information content (AvgIpc) is 2.84. The van der Waals surface area contributed by atoms with E-state index in [1.807, 2.05) is 4.90 Å². The van der Waals surface area contributed by atoms with E-state index in [9.17, 15) is 13.6 Å². The number of benzene rings is 1. The second-order valence-corrected chi connectivity index (χ2v) is 7.54. The number of likely N-dealkylation sites (tertiary alicyclic amines) is 1. The Labute approximate surface area is 143 Å². The zero-order chi connectivity index (χ0) is 17.2. The van der Waals surface area contributed by atoms with Gasteiger partial charge in [0.15, 0.2) is 0 Å². The van der Waals surface area contributed by atoms with E-state index in [1.165, 1.54) is 12.1 Å². The molecule has 1 aromatic carbocycles. The molecule has 1 aliphatic rings. The van der Waals surface area contributed by atoms with Gasteiger partial charge in [0.1, 0.15) is 17.2 Å². The van der Waals surface area contributed by atoms with Crippen LogP contribution in [0.5, 0.6) is 0 Å². The van der Waals surface area contributed by atoms with E-state index in [2.05, 4.69) is 21.2 Å². The van der Waals surface area contributed by atoms with Gasteiger partial charge in [0.2, 0.25) is 0 Å². The number of nitrogens with one attached hydrogen (secondary N) is 1. The number of rotatable bonds is 3. The van der Waals surface area contributed by atoms with E-state index in [0.717, 1.165) is 6.42 Å². The zero-order valence-corrected chi connectivity index (χ0v) is 15.0. The molecule has 0 saturated carbocycles. The summed E-state index contributed by atoms with van der Waals surface area (Å²) < 4.78 is 33.3. The van der Waals surface area contributed by atoms with Gasteiger partial charge in [-0.25, -0.2) is 13.6 Å². The molecule has 1 aromatic rings. The second-order valence-electron chi connectivity index (χ2n) is 6.69. The molecule has 0 radical (unpaired) electrons. The summed E-state index contributed by atoms with van der Waals surface area (Å²) in [5, 5.41) is 2.79. The van der Waals surface area contributed by atoms with Gasteiger partial charge in [-0.2, -0.15) is 0 Å². The van der Waals surface area contributed by atoms with Gasteiger partial charge in [0, 0.05) is 31.2 Å². The van der Waals surface area contributed by atoms with Crippen molar-refractivity contribution in [1.82, 2.24) is 10.2 Å². The van der Waals surface area contributed by atoms with Gasteiger partial charge in [-0.05, 0) is 55.3 Å². The summed E-state index contributed by atoms with van der Waals surface area (Å²) in [5.74, 6) is -1.14. The molecule has 0 unspecified atom stereocenters. The van der Waals surface area contributed by atoms with Crippen molar-refractivity contribution in [3.63, 3.8) is 0 Å². The van der Waals surface area contributed by atoms with Crippen LogP contribution in [0.15, 0.2) is 16.6 Å². The van der Waals surface area contributed by atoms with Gasteiger partial charge in [-0.1, -0.05) is 0 Å². The maximum Gasteiger partial charge on any atom is 0.407 e. The van der Waals surface area contributed by atoms with Gasteiger partial charge in [-0.3, -0.25) is 4.90 Å². The van der Waals surface area contributed by atoms with Crippen molar-refractivity contribution < 1.29 is 18.3 Å². The van der Waals surface area contributed by atoms with Gasteiger partial charge in [0.05, 0.1) is 4.47 Å². The molecule has 1 amide bonds. The highest BCUT2D eigenvalue weighted by molar-refractivity contribution is 9.10. The molecule has 1 atom stereocenters. The lowest BCUT2D eigenvalue weighted by Crippen LogP contribution is -2.40. The van der Waals surface area contributed by atoms with Crippen molar-refractivity contribution in [1.29, 1.82) is 0 Å². The van der Waals surface area contributed by atoms with Crippen molar-refractivity contribution in [2.24, 2.45) is 0 Å². The highest BCUT2D eigenvalue weighted by atomic mass is 79.9. The zero-order valence-electron chi connectivity index (χ0n) is 13.5. The number of ether oxygens (including phenoxy) is 1. The maximum atomic E-state index is 14.0. The summed E-state index contributed by atoms with van der Waals surface area (Å²) in [4.78, 5) is 13.7. The summed E-state index contributed by atoms with van der Waals surface area (Å²) in [7, 11) is 0. The first-order valence-corrected chi connectivity index (χ1v) is 8.29. The Kier molecular flexibility index (Phi) is 5.62. The van der Waals surface area contributed by atoms with E-state index < -0.39 is 23.3 Å². The van der Waals surface area contributed by atoms with Crippen molar-refractivity contribution in [3.05, 3.63) is 33.8 Å². The van der Waals surface area contributed by atoms with Crippen LogP contribution in [0.3, 0.4) is 0 Å². The Morgan fingerprint density at radius 2 is 2.13 bits per heavy atom. The molecular weight excluding hydrogens is 370 g/mol. The number of carbonyl (C=O) groups excluding carboxylic acids is 1. The molecule has 0 aliphatic carbocycles. The maximum absolute atomic E-state index is 14.0. The quantitative estimate of drug-likeness (QED) is 0.797. The Hall–Kier alpha value is -1.21. The number of nitrogens with zero attached hydrogens (tertiary/aromatic N) is 1. The van der Waals surface area contributed by atoms with Crippen LogP contribution >= 0.6 is 15.9 Å². The van der Waals surface area contributed by atoms with Gasteiger partial charge >= 0.3 is 6.09 Å². The predicted molar refractivity (Wildman–Crippen MR) is 87.1 cm³/mol. The molecule has 1 heterocycles. The van der Waals surface area contributed by atoms with E-state index in [0.29, 0.717) is 13.1 Å². The van der Waals surface area contributed by atoms with Crippen LogP contribution < -0.4 is 5.32 Å². The van der Waals surface area contributed by atoms with Crippen LogP contribution in [0.1, 0.15) is 32.8 Å². The monoisotopic (exact) mass is 390 g/mol. The van der Waals surface area contributed by atoms with Crippen LogP contribution in [0, 0.1) is 11.6 Å². The van der Waals surface area contributed by atoms with Crippen molar-refractivity contribution in [2.45, 2.75) is 45.4 Å². The third kappa shape index (κ3) is 5.14. The third-order valence-electron chi connectivity index (χ3n) is 3.51. The molecule has 2 rings (SSSR count). The van der Waals surface area contributed by atoms with E-state index >= 15 is 0 Å². The van der Waals surface area contributed by atoms with Gasteiger partial charge in [-0.15, -0.1) is 0 Å². The summed E-state index contributed by atoms with van der Waals surface area (Å²) in [5.41, 5.74) is -0.511. The van der Waals surface area contributed by atoms with Crippen LogP contribution in [0.25, 0.3) is 0 Å². The molecule has 0 aromatic heterocycles. The number of hydrogen-bond donors (Lipinski definition) is 1. The minimum atomic E-state index is -0.575. The molecule has 128 valence electrons. The number of carbonyl (C=O) groups is 1. The SMILES string of the molecule is CC(C)(C)OC(=O)N[C@H]1CCN(Cc2c(F)ccc(Br)c2F)C1. The molecule has 0 spiro atoms. The number of amides is 1. The summed E-state index contributed by atoms with van der Waals surface area (Å²) in [6.07, 6.45) is 0.250. The number of alkyl carbamates (subject to hydrolysis) is 1. The Bertz CT molecular complexity index is 590. The minimum absolute atomic E-state index is 0.0392. The fourth-order valence-electron chi connectivity index (χ4n) is 2.51. The van der Waals surface area contributed by atoms with Crippen molar-refractivity contribution in [2.75, 3.05) is 13.1 Å². The molecule has 1 saturated heterocycles. The molecule has 1 N–H and O–H groups in total. The highest BCUT2D eigenvalue weighted by Gasteiger charge is 2.27. The number of halogens is 3. The summed E-state index contributed by atoms with van der Waals surface area (Å²) >= 11 is 3.07. The molecule has 4 nitrogen and oxygen atoms in total. The van der Waals surface area contributed by atoms with E-state index in [4.69, 9.17) is 4.74 Å². The minimum Gasteiger partial charge on any atom is -0.444 e. The van der Waals surface area contributed by atoms with E-state index in [1.54, 1.807) is 20.8 Å². The van der Waals surface area contributed by atoms with Crippen molar-refractivity contribution in [3.8, 4) is 0 Å². The first kappa shape index (κ1) is 18.1. The summed E-state index contributed by atoms with van der Waals surface area (Å²) in [6.45, 7) is 6.76. The first-order chi connectivity index (χ1) is 10.7. The fourth-order valence-corrected chi connectivity index (χ4v) is 2.88. The molecule has 1 aliphatic heterocycles. The molecule has 23 heavy (non-hydrogen) atoms. The highest BCUT2D eigenvalue weighted by Crippen LogP contribution is 2.24. The van der Waals surface area contributed by atoms with Crippen LogP contribution in [0.4, 0.5) is 13.6 Å². The average molecular weight is 391 g/mol. The predicted octanol–water partition coefficient (Wildman–Crippen LogP) is 3.83. The normalized spacial score (nSPS) is 19.0. The molecular formula is C16H21BrF2N2O2. The Morgan fingerprint density at radius 1 is 1.43 bits per heavy atom. The first-order valence-electron chi connectivity index (χ1n) is 7.50. The Balaban J connectivity index is 1.91. The lowest BCUT2D eigenvalue weighted by atomic mass is 10.2. The lowest BCUT2D eigenvalue weighted by molar-refractivity contribution is 0.0505. The Morgan fingerprint density at radius 3 is 2.78 bits per heavy atom. The van der Waals surface area contributed by atoms with Crippen LogP contribution in [-0.4, -0.2) is 35.7 Å². The second kappa shape index (κ2) is 7.13. The molecule has 7 heteroatoms. The topological polar surface area (TPSA) is 41.6 Å². The molecule has 0 bridgehead atoms. The lowest BCUT2D eigenvalue weighted by Gasteiger charge is -2.22. The van der Waals surface area contributed by atoms with Crippen molar-refractivity contribution >= 4 is 22.0 Å². The third-order valence-corrected chi connectivity index (χ3v) is 4.13. The number of hydrogen-bond acceptors (Lipinski definition) is 3. The van der Waals surface area contributed by atoms with Crippen LogP contribution in [0.2, 0.25) is 0 Å². The summed E-state index contributed by atoms with van der Waals surface area (Å²) in [6, 6.07) is 2.52. The largest absolute Gasteiger partial charge is 0.444 e. The van der Waals surface area contributed by atoms with Gasteiger partial charge < -0.3 is 10.1 Å². The molecule has 1 fully saturated rings. The standard InChI is InChI=1S/C16H21BrF2N2O2/c1-16(2,3)23-15(22)20-10-6-7-21(8-10)9-11-13(18)5-4-12(17)14(11)19/h4-5,10H,6-9H2,1-3H3,(H,20,22)/t10-/m0/s1. The smallest absolute Gasteiger partial charge is 0.407 e. The fraction of sp³-hybridized carbons (Fsp3) is 0.562.